The van der Waals surface area contributed by atoms with Gasteiger partial charge >= 0.3 is 6.09 Å². The number of hydrogen-bond donors (Lipinski definition) is 2. The lowest BCUT2D eigenvalue weighted by Crippen LogP contribution is -2.32. The SMILES string of the molecule is CC(C)(C)OC(=O)NCc1ccc(-c2nn[nH]n2)cc1. The van der Waals surface area contributed by atoms with Crippen LogP contribution in [0.1, 0.15) is 26.3 Å². The number of amides is 1. The molecular formula is C13H17N5O2. The van der Waals surface area contributed by atoms with Gasteiger partial charge in [-0.05, 0) is 31.5 Å². The standard InChI is InChI=1S/C13H17N5O2/c1-13(2,3)20-12(19)14-8-9-4-6-10(7-5-9)11-15-17-18-16-11/h4-7H,8H2,1-3H3,(H,14,19)(H,15,16,17,18). The zero-order valence-corrected chi connectivity index (χ0v) is 11.7. The van der Waals surface area contributed by atoms with Crippen molar-refractivity contribution < 1.29 is 9.53 Å². The summed E-state index contributed by atoms with van der Waals surface area (Å²) < 4.78 is 5.16. The first-order valence-corrected chi connectivity index (χ1v) is 6.24. The monoisotopic (exact) mass is 275 g/mol. The molecule has 1 aromatic heterocycles. The fraction of sp³-hybridized carbons (Fsp3) is 0.385. The zero-order chi connectivity index (χ0) is 14.6. The Morgan fingerprint density at radius 1 is 1.30 bits per heavy atom. The van der Waals surface area contributed by atoms with Gasteiger partial charge in [0.1, 0.15) is 5.60 Å². The quantitative estimate of drug-likeness (QED) is 0.892. The van der Waals surface area contributed by atoms with Crippen molar-refractivity contribution in [1.82, 2.24) is 25.9 Å². The number of tetrazole rings is 1. The highest BCUT2D eigenvalue weighted by Crippen LogP contribution is 2.14. The van der Waals surface area contributed by atoms with Gasteiger partial charge in [-0.25, -0.2) is 4.79 Å². The van der Waals surface area contributed by atoms with Gasteiger partial charge in [-0.2, -0.15) is 5.21 Å². The first-order chi connectivity index (χ1) is 9.44. The van der Waals surface area contributed by atoms with E-state index in [2.05, 4.69) is 25.9 Å². The van der Waals surface area contributed by atoms with Gasteiger partial charge in [0, 0.05) is 12.1 Å². The first kappa shape index (κ1) is 14.0. The van der Waals surface area contributed by atoms with Crippen LogP contribution in [0.25, 0.3) is 11.4 Å². The summed E-state index contributed by atoms with van der Waals surface area (Å²) in [5, 5.41) is 16.4. The molecular weight excluding hydrogens is 258 g/mol. The number of rotatable bonds is 3. The molecule has 0 unspecified atom stereocenters. The average Bonchev–Trinajstić information content (AvgIpc) is 2.89. The third-order valence-electron chi connectivity index (χ3n) is 2.39. The molecule has 7 nitrogen and oxygen atoms in total. The fourth-order valence-corrected chi connectivity index (χ4v) is 1.54. The van der Waals surface area contributed by atoms with Crippen molar-refractivity contribution in [2.24, 2.45) is 0 Å². The van der Waals surface area contributed by atoms with E-state index in [4.69, 9.17) is 4.74 Å². The van der Waals surface area contributed by atoms with E-state index in [9.17, 15) is 4.79 Å². The minimum absolute atomic E-state index is 0.404. The molecule has 0 aliphatic rings. The molecule has 0 fully saturated rings. The molecule has 0 atom stereocenters. The zero-order valence-electron chi connectivity index (χ0n) is 11.7. The molecule has 2 N–H and O–H groups in total. The second-order valence-corrected chi connectivity index (χ2v) is 5.29. The summed E-state index contributed by atoms with van der Waals surface area (Å²) in [5.74, 6) is 0.539. The van der Waals surface area contributed by atoms with Crippen molar-refractivity contribution in [3.05, 3.63) is 29.8 Å². The highest BCUT2D eigenvalue weighted by molar-refractivity contribution is 5.67. The summed E-state index contributed by atoms with van der Waals surface area (Å²) in [6.07, 6.45) is -0.431. The van der Waals surface area contributed by atoms with Crippen molar-refractivity contribution in [2.45, 2.75) is 32.9 Å². The molecule has 0 spiro atoms. The van der Waals surface area contributed by atoms with Gasteiger partial charge in [0.2, 0.25) is 5.82 Å². The first-order valence-electron chi connectivity index (χ1n) is 6.24. The van der Waals surface area contributed by atoms with Crippen LogP contribution in [0.2, 0.25) is 0 Å². The number of aromatic nitrogens is 4. The van der Waals surface area contributed by atoms with E-state index < -0.39 is 11.7 Å². The largest absolute Gasteiger partial charge is 0.444 e. The van der Waals surface area contributed by atoms with Gasteiger partial charge in [0.15, 0.2) is 0 Å². The number of hydrogen-bond acceptors (Lipinski definition) is 5. The Bertz CT molecular complexity index is 557. The smallest absolute Gasteiger partial charge is 0.407 e. The number of alkyl carbamates (subject to hydrolysis) is 1. The lowest BCUT2D eigenvalue weighted by molar-refractivity contribution is 0.0523. The highest BCUT2D eigenvalue weighted by atomic mass is 16.6. The number of carbonyl (C=O) groups excluding carboxylic acids is 1. The second-order valence-electron chi connectivity index (χ2n) is 5.29. The van der Waals surface area contributed by atoms with Gasteiger partial charge < -0.3 is 10.1 Å². The van der Waals surface area contributed by atoms with Crippen LogP contribution in [0.4, 0.5) is 4.79 Å². The van der Waals surface area contributed by atoms with Crippen molar-refractivity contribution in [3.8, 4) is 11.4 Å². The molecule has 1 aromatic carbocycles. The molecule has 0 radical (unpaired) electrons. The Hall–Kier alpha value is -2.44. The van der Waals surface area contributed by atoms with E-state index in [1.807, 2.05) is 45.0 Å². The van der Waals surface area contributed by atoms with Crippen LogP contribution in [0.15, 0.2) is 24.3 Å². The summed E-state index contributed by atoms with van der Waals surface area (Å²) in [6.45, 7) is 5.88. The van der Waals surface area contributed by atoms with Gasteiger partial charge in [0.25, 0.3) is 0 Å². The summed E-state index contributed by atoms with van der Waals surface area (Å²) in [5.41, 5.74) is 1.33. The molecule has 106 valence electrons. The molecule has 0 bridgehead atoms. The van der Waals surface area contributed by atoms with Gasteiger partial charge in [0.05, 0.1) is 0 Å². The third kappa shape index (κ3) is 4.04. The molecule has 0 saturated heterocycles. The third-order valence-corrected chi connectivity index (χ3v) is 2.39. The Kier molecular flexibility index (Phi) is 3.97. The van der Waals surface area contributed by atoms with Crippen LogP contribution in [-0.4, -0.2) is 32.3 Å². The Labute approximate surface area is 116 Å². The maximum atomic E-state index is 11.5. The topological polar surface area (TPSA) is 92.8 Å². The van der Waals surface area contributed by atoms with Crippen LogP contribution in [0, 0.1) is 0 Å². The summed E-state index contributed by atoms with van der Waals surface area (Å²) >= 11 is 0. The van der Waals surface area contributed by atoms with E-state index in [0.717, 1.165) is 11.1 Å². The molecule has 2 aromatic rings. The maximum Gasteiger partial charge on any atom is 0.407 e. The number of ether oxygens (including phenoxy) is 1. The number of aromatic amines is 1. The molecule has 7 heteroatoms. The molecule has 1 heterocycles. The molecule has 0 saturated carbocycles. The van der Waals surface area contributed by atoms with Crippen LogP contribution >= 0.6 is 0 Å². The highest BCUT2D eigenvalue weighted by Gasteiger charge is 2.15. The van der Waals surface area contributed by atoms with E-state index in [0.29, 0.717) is 12.4 Å². The Morgan fingerprint density at radius 2 is 2.00 bits per heavy atom. The number of nitrogens with zero attached hydrogens (tertiary/aromatic N) is 3. The number of H-pyrrole nitrogens is 1. The second kappa shape index (κ2) is 5.68. The van der Waals surface area contributed by atoms with Gasteiger partial charge in [-0.1, -0.05) is 24.3 Å². The minimum Gasteiger partial charge on any atom is -0.444 e. The van der Waals surface area contributed by atoms with E-state index in [-0.39, 0.29) is 0 Å². The van der Waals surface area contributed by atoms with Crippen molar-refractivity contribution in [3.63, 3.8) is 0 Å². The molecule has 0 aliphatic heterocycles. The lowest BCUT2D eigenvalue weighted by atomic mass is 10.1. The predicted molar refractivity (Wildman–Crippen MR) is 72.7 cm³/mol. The number of benzene rings is 1. The van der Waals surface area contributed by atoms with Crippen molar-refractivity contribution in [1.29, 1.82) is 0 Å². The van der Waals surface area contributed by atoms with Crippen molar-refractivity contribution in [2.75, 3.05) is 0 Å². The Balaban J connectivity index is 1.90. The number of nitrogens with one attached hydrogen (secondary N) is 2. The van der Waals surface area contributed by atoms with Gasteiger partial charge in [-0.3, -0.25) is 0 Å². The molecule has 2 rings (SSSR count). The van der Waals surface area contributed by atoms with Crippen LogP contribution in [-0.2, 0) is 11.3 Å². The molecule has 0 aliphatic carbocycles. The number of carbonyl (C=O) groups is 1. The van der Waals surface area contributed by atoms with Crippen LogP contribution in [0.5, 0.6) is 0 Å². The van der Waals surface area contributed by atoms with E-state index >= 15 is 0 Å². The van der Waals surface area contributed by atoms with Crippen LogP contribution < -0.4 is 5.32 Å². The minimum atomic E-state index is -0.493. The maximum absolute atomic E-state index is 11.5. The van der Waals surface area contributed by atoms with Crippen LogP contribution in [0.3, 0.4) is 0 Å². The van der Waals surface area contributed by atoms with Crippen molar-refractivity contribution >= 4 is 6.09 Å². The fourth-order valence-electron chi connectivity index (χ4n) is 1.54. The van der Waals surface area contributed by atoms with Gasteiger partial charge in [-0.15, -0.1) is 10.2 Å². The summed E-state index contributed by atoms with van der Waals surface area (Å²) in [6, 6.07) is 7.53. The molecule has 20 heavy (non-hydrogen) atoms. The Morgan fingerprint density at radius 3 is 2.55 bits per heavy atom. The summed E-state index contributed by atoms with van der Waals surface area (Å²) in [7, 11) is 0. The summed E-state index contributed by atoms with van der Waals surface area (Å²) in [4.78, 5) is 11.5. The average molecular weight is 275 g/mol. The van der Waals surface area contributed by atoms with E-state index in [1.54, 1.807) is 0 Å². The predicted octanol–water partition coefficient (Wildman–Crippen LogP) is 1.89. The normalized spacial score (nSPS) is 11.2. The molecule has 1 amide bonds. The lowest BCUT2D eigenvalue weighted by Gasteiger charge is -2.19. The van der Waals surface area contributed by atoms with E-state index in [1.165, 1.54) is 0 Å².